The molecule has 2 aromatic carbocycles. The van der Waals surface area contributed by atoms with Crippen LogP contribution < -0.4 is 16.4 Å². The number of pyridine rings is 1. The Morgan fingerprint density at radius 3 is 2.50 bits per heavy atom. The molecule has 4 rings (SSSR count). The van der Waals surface area contributed by atoms with Crippen LogP contribution in [0.3, 0.4) is 0 Å². The number of carbonyl (C=O) groups is 2. The molecular weight excluding hydrogens is 412 g/mol. The Labute approximate surface area is 181 Å². The number of hydroxylamine groups is 1. The molecule has 2 amide bonds. The maximum atomic E-state index is 12.7. The smallest absolute Gasteiger partial charge is 0.274 e. The fraction of sp³-hybridized carbons (Fsp3) is 0.0870. The summed E-state index contributed by atoms with van der Waals surface area (Å²) >= 11 is 0. The molecule has 0 unspecified atom stereocenters. The summed E-state index contributed by atoms with van der Waals surface area (Å²) in [4.78, 5) is 39.6. The average Bonchev–Trinajstić information content (AvgIpc) is 3.25. The molecule has 9 nitrogen and oxygen atoms in total. The minimum absolute atomic E-state index is 0.0977. The maximum Gasteiger partial charge on any atom is 0.274 e. The minimum atomic E-state index is -0.622. The third-order valence-corrected chi connectivity index (χ3v) is 5.14. The van der Waals surface area contributed by atoms with Crippen molar-refractivity contribution in [1.29, 1.82) is 0 Å². The summed E-state index contributed by atoms with van der Waals surface area (Å²) < 4.78 is 1.42. The van der Waals surface area contributed by atoms with E-state index in [2.05, 4.69) is 10.3 Å². The van der Waals surface area contributed by atoms with Crippen LogP contribution in [0.5, 0.6) is 5.75 Å². The van der Waals surface area contributed by atoms with Gasteiger partial charge in [-0.1, -0.05) is 24.3 Å². The number of benzene rings is 2. The van der Waals surface area contributed by atoms with Crippen molar-refractivity contribution < 1.29 is 19.9 Å². The van der Waals surface area contributed by atoms with Gasteiger partial charge in [0.15, 0.2) is 0 Å². The molecule has 0 saturated carbocycles. The molecule has 0 radical (unpaired) electrons. The van der Waals surface area contributed by atoms with Crippen LogP contribution in [-0.4, -0.2) is 31.7 Å². The van der Waals surface area contributed by atoms with Crippen molar-refractivity contribution in [3.8, 4) is 16.9 Å². The molecule has 0 fully saturated rings. The van der Waals surface area contributed by atoms with E-state index in [1.54, 1.807) is 55.1 Å². The van der Waals surface area contributed by atoms with Crippen molar-refractivity contribution in [2.24, 2.45) is 7.05 Å². The number of hydrogen-bond acceptors (Lipinski definition) is 5. The number of nitrogens with zero attached hydrogens (tertiary/aromatic N) is 1. The van der Waals surface area contributed by atoms with Crippen molar-refractivity contribution in [1.82, 2.24) is 20.3 Å². The van der Waals surface area contributed by atoms with Gasteiger partial charge in [-0.3, -0.25) is 19.6 Å². The first-order chi connectivity index (χ1) is 15.4. The summed E-state index contributed by atoms with van der Waals surface area (Å²) in [5, 5.41) is 21.8. The van der Waals surface area contributed by atoms with Crippen molar-refractivity contribution in [2.75, 3.05) is 0 Å². The van der Waals surface area contributed by atoms with Gasteiger partial charge >= 0.3 is 0 Å². The second-order valence-electron chi connectivity index (χ2n) is 7.30. The highest BCUT2D eigenvalue weighted by Crippen LogP contribution is 2.29. The fourth-order valence-corrected chi connectivity index (χ4v) is 3.48. The van der Waals surface area contributed by atoms with Crippen LogP contribution in [0.25, 0.3) is 22.0 Å². The summed E-state index contributed by atoms with van der Waals surface area (Å²) in [7, 11) is 1.62. The molecule has 9 heteroatoms. The SMILES string of the molecule is Cn1cc(-c2cccc(O)c2)c2cc(C(=O)NCc3ccc(C(=O)NO)cc3)[nH]c2c1=O. The van der Waals surface area contributed by atoms with Gasteiger partial charge < -0.3 is 20.0 Å². The highest BCUT2D eigenvalue weighted by molar-refractivity contribution is 6.02. The second-order valence-corrected chi connectivity index (χ2v) is 7.30. The Kier molecular flexibility index (Phi) is 5.48. The number of H-pyrrole nitrogens is 1. The largest absolute Gasteiger partial charge is 0.508 e. The van der Waals surface area contributed by atoms with Crippen LogP contribution in [0.4, 0.5) is 0 Å². The van der Waals surface area contributed by atoms with Crippen LogP contribution in [-0.2, 0) is 13.6 Å². The maximum absolute atomic E-state index is 12.7. The molecule has 0 bridgehead atoms. The van der Waals surface area contributed by atoms with E-state index in [-0.39, 0.29) is 34.6 Å². The lowest BCUT2D eigenvalue weighted by atomic mass is 10.0. The number of phenols is 1. The minimum Gasteiger partial charge on any atom is -0.508 e. The quantitative estimate of drug-likeness (QED) is 0.243. The molecule has 162 valence electrons. The lowest BCUT2D eigenvalue weighted by Gasteiger charge is -2.07. The number of fused-ring (bicyclic) bond motifs is 1. The lowest BCUT2D eigenvalue weighted by Crippen LogP contribution is -2.23. The Morgan fingerprint density at radius 1 is 1.06 bits per heavy atom. The van der Waals surface area contributed by atoms with Crippen molar-refractivity contribution >= 4 is 22.7 Å². The van der Waals surface area contributed by atoms with E-state index < -0.39 is 11.8 Å². The van der Waals surface area contributed by atoms with E-state index in [1.165, 1.54) is 16.7 Å². The van der Waals surface area contributed by atoms with Gasteiger partial charge in [0.2, 0.25) is 0 Å². The molecule has 0 spiro atoms. The third-order valence-electron chi connectivity index (χ3n) is 5.14. The number of hydrogen-bond donors (Lipinski definition) is 5. The molecule has 2 heterocycles. The Balaban J connectivity index is 1.61. The molecule has 0 aliphatic carbocycles. The van der Waals surface area contributed by atoms with Crippen molar-refractivity contribution in [3.05, 3.63) is 88.0 Å². The molecule has 2 aromatic heterocycles. The second kappa shape index (κ2) is 8.40. The van der Waals surface area contributed by atoms with Gasteiger partial charge in [0.1, 0.15) is 17.0 Å². The zero-order valence-electron chi connectivity index (χ0n) is 17.0. The van der Waals surface area contributed by atoms with Crippen molar-refractivity contribution in [3.63, 3.8) is 0 Å². The zero-order valence-corrected chi connectivity index (χ0v) is 17.0. The first-order valence-corrected chi connectivity index (χ1v) is 9.70. The van der Waals surface area contributed by atoms with E-state index in [4.69, 9.17) is 5.21 Å². The summed E-state index contributed by atoms with van der Waals surface area (Å²) in [6.07, 6.45) is 1.67. The number of carbonyl (C=O) groups excluding carboxylic acids is 2. The monoisotopic (exact) mass is 432 g/mol. The normalized spacial score (nSPS) is 10.8. The van der Waals surface area contributed by atoms with Gasteiger partial charge in [-0.25, -0.2) is 5.48 Å². The lowest BCUT2D eigenvalue weighted by molar-refractivity contribution is 0.0706. The van der Waals surface area contributed by atoms with Gasteiger partial charge in [0.25, 0.3) is 17.4 Å². The van der Waals surface area contributed by atoms with E-state index >= 15 is 0 Å². The number of aryl methyl sites for hydroxylation is 1. The highest BCUT2D eigenvalue weighted by Gasteiger charge is 2.16. The molecule has 0 atom stereocenters. The molecule has 0 aliphatic rings. The molecule has 5 N–H and O–H groups in total. The number of aromatic hydroxyl groups is 1. The van der Waals surface area contributed by atoms with Crippen molar-refractivity contribution in [2.45, 2.75) is 6.54 Å². The third kappa shape index (κ3) is 3.96. The Morgan fingerprint density at radius 2 is 1.81 bits per heavy atom. The van der Waals surface area contributed by atoms with Gasteiger partial charge in [-0.15, -0.1) is 0 Å². The van der Waals surface area contributed by atoms with Crippen LogP contribution >= 0.6 is 0 Å². The van der Waals surface area contributed by atoms with Crippen LogP contribution in [0.2, 0.25) is 0 Å². The standard InChI is InChI=1S/C23H20N4O5/c1-27-12-18(15-3-2-4-16(28)9-15)17-10-19(25-20(17)23(27)31)22(30)24-11-13-5-7-14(8-6-13)21(29)26-32/h2-10,12,25,28,32H,11H2,1H3,(H,24,30)(H,26,29). The number of amides is 2. The molecule has 4 aromatic rings. The fourth-order valence-electron chi connectivity index (χ4n) is 3.48. The van der Waals surface area contributed by atoms with E-state index in [0.29, 0.717) is 16.5 Å². The van der Waals surface area contributed by atoms with Crippen LogP contribution in [0.15, 0.2) is 65.6 Å². The summed E-state index contributed by atoms with van der Waals surface area (Å²) in [6, 6.07) is 14.7. The zero-order chi connectivity index (χ0) is 22.8. The van der Waals surface area contributed by atoms with E-state index in [0.717, 1.165) is 5.56 Å². The molecule has 0 saturated heterocycles. The first-order valence-electron chi connectivity index (χ1n) is 9.70. The summed E-state index contributed by atoms with van der Waals surface area (Å²) in [6.45, 7) is 0.201. The van der Waals surface area contributed by atoms with E-state index in [1.807, 2.05) is 6.07 Å². The average molecular weight is 432 g/mol. The first kappa shape index (κ1) is 20.9. The van der Waals surface area contributed by atoms with Gasteiger partial charge in [0, 0.05) is 36.3 Å². The Bertz CT molecular complexity index is 1390. The summed E-state index contributed by atoms with van der Waals surface area (Å²) in [5.41, 5.74) is 4.24. The van der Waals surface area contributed by atoms with Gasteiger partial charge in [-0.2, -0.15) is 0 Å². The predicted octanol–water partition coefficient (Wildman–Crippen LogP) is 2.29. The highest BCUT2D eigenvalue weighted by atomic mass is 16.5. The summed E-state index contributed by atoms with van der Waals surface area (Å²) in [5.74, 6) is -0.925. The van der Waals surface area contributed by atoms with Gasteiger partial charge in [0.05, 0.1) is 0 Å². The molecular formula is C23H20N4O5. The molecule has 32 heavy (non-hydrogen) atoms. The van der Waals surface area contributed by atoms with Crippen LogP contribution in [0, 0.1) is 0 Å². The number of nitrogens with one attached hydrogen (secondary N) is 3. The van der Waals surface area contributed by atoms with E-state index in [9.17, 15) is 19.5 Å². The topological polar surface area (TPSA) is 136 Å². The number of aromatic amines is 1. The van der Waals surface area contributed by atoms with Gasteiger partial charge in [-0.05, 0) is 41.5 Å². The number of aromatic nitrogens is 2. The number of rotatable bonds is 5. The Hall–Kier alpha value is -4.37. The predicted molar refractivity (Wildman–Crippen MR) is 118 cm³/mol. The van der Waals surface area contributed by atoms with Crippen LogP contribution in [0.1, 0.15) is 26.4 Å². The number of phenolic OH excluding ortho intramolecular Hbond substituents is 1. The molecule has 0 aliphatic heterocycles.